The topological polar surface area (TPSA) is 12.0 Å². The van der Waals surface area contributed by atoms with Crippen LogP contribution in [-0.2, 0) is 0 Å². The van der Waals surface area contributed by atoms with E-state index < -0.39 is 0 Å². The van der Waals surface area contributed by atoms with Crippen molar-refractivity contribution in [3.8, 4) is 0 Å². The summed E-state index contributed by atoms with van der Waals surface area (Å²) in [5.41, 5.74) is 0. The van der Waals surface area contributed by atoms with Crippen LogP contribution in [0.3, 0.4) is 0 Å². The van der Waals surface area contributed by atoms with Crippen molar-refractivity contribution < 1.29 is 0 Å². The van der Waals surface area contributed by atoms with Gasteiger partial charge >= 0.3 is 0 Å². The molecule has 17 heavy (non-hydrogen) atoms. The first-order valence-electron chi connectivity index (χ1n) is 7.30. The van der Waals surface area contributed by atoms with Gasteiger partial charge in [0.2, 0.25) is 0 Å². The molecule has 0 spiro atoms. The van der Waals surface area contributed by atoms with Crippen molar-refractivity contribution in [1.29, 1.82) is 0 Å². The van der Waals surface area contributed by atoms with Crippen LogP contribution in [0.2, 0.25) is 0 Å². The van der Waals surface area contributed by atoms with Crippen molar-refractivity contribution in [1.82, 2.24) is 5.32 Å². The minimum Gasteiger partial charge on any atom is -0.302 e. The fourth-order valence-electron chi connectivity index (χ4n) is 4.37. The molecule has 0 aromatic rings. The summed E-state index contributed by atoms with van der Waals surface area (Å²) in [7, 11) is 0. The summed E-state index contributed by atoms with van der Waals surface area (Å²) in [6, 6.07) is 0.671. The third-order valence-corrected chi connectivity index (χ3v) is 6.99. The van der Waals surface area contributed by atoms with Gasteiger partial charge in [-0.2, -0.15) is 12.6 Å². The van der Waals surface area contributed by atoms with Gasteiger partial charge in [-0.3, -0.25) is 0 Å². The number of fused-ring (bicyclic) bond motifs is 1. The summed E-state index contributed by atoms with van der Waals surface area (Å²) in [5, 5.41) is 4.17. The molecule has 9 atom stereocenters. The summed E-state index contributed by atoms with van der Waals surface area (Å²) >= 11 is 4.74. The van der Waals surface area contributed by atoms with Crippen molar-refractivity contribution in [2.45, 2.75) is 53.0 Å². The quantitative estimate of drug-likeness (QED) is 0.630. The van der Waals surface area contributed by atoms with Crippen LogP contribution in [0.1, 0.15) is 41.5 Å². The van der Waals surface area contributed by atoms with Gasteiger partial charge in [-0.25, -0.2) is 0 Å². The number of hydrogen-bond donors (Lipinski definition) is 2. The zero-order valence-electron chi connectivity index (χ0n) is 12.1. The van der Waals surface area contributed by atoms with Gasteiger partial charge in [0.05, 0.1) is 5.37 Å². The summed E-state index contributed by atoms with van der Waals surface area (Å²) in [4.78, 5) is 0. The van der Waals surface area contributed by atoms with E-state index in [0.717, 1.165) is 35.5 Å². The monoisotopic (exact) mass is 255 g/mol. The lowest BCUT2D eigenvalue weighted by Crippen LogP contribution is -2.62. The Morgan fingerprint density at radius 2 is 1.12 bits per heavy atom. The largest absolute Gasteiger partial charge is 0.302 e. The number of piperidine rings is 1. The summed E-state index contributed by atoms with van der Waals surface area (Å²) in [6.07, 6.45) is 0. The van der Waals surface area contributed by atoms with Crippen LogP contribution in [-0.4, -0.2) is 11.4 Å². The minimum absolute atomic E-state index is 0.376. The molecular weight excluding hydrogens is 226 g/mol. The highest BCUT2D eigenvalue weighted by atomic mass is 32.1. The Kier molecular flexibility index (Phi) is 3.85. The van der Waals surface area contributed by atoms with Crippen molar-refractivity contribution in [2.24, 2.45) is 41.4 Å². The standard InChI is InChI=1S/C15H29NS/c1-7-8(2)11(5)14-13(9(7)3)10(4)12(6)15(17)16-14/h7-17H,1-6H3. The second kappa shape index (κ2) is 4.77. The van der Waals surface area contributed by atoms with E-state index in [2.05, 4.69) is 46.9 Å². The van der Waals surface area contributed by atoms with Crippen LogP contribution in [0.4, 0.5) is 0 Å². The molecule has 1 aliphatic carbocycles. The van der Waals surface area contributed by atoms with E-state index in [1.165, 1.54) is 0 Å². The SMILES string of the molecule is CC1C(S)NC2C(C)C(C)C(C)C(C)C2C1C. The normalized spacial score (nSPS) is 59.8. The average molecular weight is 255 g/mol. The first-order chi connectivity index (χ1) is 7.86. The molecule has 0 aromatic heterocycles. The number of rotatable bonds is 0. The van der Waals surface area contributed by atoms with Crippen LogP contribution in [0, 0.1) is 41.4 Å². The van der Waals surface area contributed by atoms with Crippen LogP contribution in [0.5, 0.6) is 0 Å². The summed E-state index contributed by atoms with van der Waals surface area (Å²) in [6.45, 7) is 14.6. The Hall–Kier alpha value is 0.310. The molecule has 1 aliphatic heterocycles. The van der Waals surface area contributed by atoms with E-state index in [1.54, 1.807) is 0 Å². The van der Waals surface area contributed by atoms with Crippen LogP contribution in [0.25, 0.3) is 0 Å². The van der Waals surface area contributed by atoms with E-state index in [4.69, 9.17) is 12.6 Å². The highest BCUT2D eigenvalue weighted by molar-refractivity contribution is 7.80. The highest BCUT2D eigenvalue weighted by Gasteiger charge is 2.49. The second-order valence-corrected chi connectivity index (χ2v) is 7.43. The molecule has 2 fully saturated rings. The van der Waals surface area contributed by atoms with Crippen LogP contribution >= 0.6 is 12.6 Å². The Morgan fingerprint density at radius 1 is 0.647 bits per heavy atom. The number of hydrogen-bond acceptors (Lipinski definition) is 2. The van der Waals surface area contributed by atoms with Crippen molar-refractivity contribution in [3.05, 3.63) is 0 Å². The second-order valence-electron chi connectivity index (χ2n) is 6.87. The third kappa shape index (κ3) is 2.06. The minimum atomic E-state index is 0.376. The molecule has 0 aromatic carbocycles. The van der Waals surface area contributed by atoms with E-state index in [1.807, 2.05) is 0 Å². The van der Waals surface area contributed by atoms with Crippen molar-refractivity contribution in [2.75, 3.05) is 0 Å². The van der Waals surface area contributed by atoms with Gasteiger partial charge in [0.15, 0.2) is 0 Å². The molecule has 1 saturated carbocycles. The van der Waals surface area contributed by atoms with Gasteiger partial charge < -0.3 is 5.32 Å². The lowest BCUT2D eigenvalue weighted by atomic mass is 9.56. The fourth-order valence-corrected chi connectivity index (χ4v) is 4.81. The first-order valence-corrected chi connectivity index (χ1v) is 7.82. The maximum absolute atomic E-state index is 4.74. The lowest BCUT2D eigenvalue weighted by molar-refractivity contribution is -0.0330. The van der Waals surface area contributed by atoms with Gasteiger partial charge in [-0.15, -0.1) is 0 Å². The third-order valence-electron chi connectivity index (χ3n) is 6.37. The average Bonchev–Trinajstić information content (AvgIpc) is 2.30. The molecule has 100 valence electrons. The van der Waals surface area contributed by atoms with E-state index in [-0.39, 0.29) is 0 Å². The molecule has 2 rings (SSSR count). The maximum atomic E-state index is 4.74. The van der Waals surface area contributed by atoms with Gasteiger partial charge in [-0.05, 0) is 41.4 Å². The molecule has 1 nitrogen and oxygen atoms in total. The molecule has 9 unspecified atom stereocenters. The van der Waals surface area contributed by atoms with Crippen molar-refractivity contribution >= 4 is 12.6 Å². The van der Waals surface area contributed by atoms with Crippen LogP contribution < -0.4 is 5.32 Å². The molecule has 2 heteroatoms. The molecule has 0 bridgehead atoms. The van der Waals surface area contributed by atoms with E-state index >= 15 is 0 Å². The zero-order chi connectivity index (χ0) is 12.9. The predicted molar refractivity (Wildman–Crippen MR) is 78.2 cm³/mol. The van der Waals surface area contributed by atoms with Crippen LogP contribution in [0.15, 0.2) is 0 Å². The smallest absolute Gasteiger partial charge is 0.0533 e. The van der Waals surface area contributed by atoms with Crippen molar-refractivity contribution in [3.63, 3.8) is 0 Å². The summed E-state index contributed by atoms with van der Waals surface area (Å²) < 4.78 is 0. The van der Waals surface area contributed by atoms with E-state index in [0.29, 0.717) is 17.3 Å². The lowest BCUT2D eigenvalue weighted by Gasteiger charge is -2.56. The molecular formula is C15H29NS. The number of thiol groups is 1. The Labute approximate surface area is 113 Å². The van der Waals surface area contributed by atoms with E-state index in [9.17, 15) is 0 Å². The molecule has 1 heterocycles. The predicted octanol–water partition coefficient (Wildman–Crippen LogP) is 3.66. The van der Waals surface area contributed by atoms with Gasteiger partial charge in [0.1, 0.15) is 0 Å². The molecule has 2 aliphatic rings. The molecule has 1 saturated heterocycles. The molecule has 0 amide bonds. The van der Waals surface area contributed by atoms with Gasteiger partial charge in [0.25, 0.3) is 0 Å². The number of nitrogens with one attached hydrogen (secondary N) is 1. The Morgan fingerprint density at radius 3 is 1.71 bits per heavy atom. The zero-order valence-corrected chi connectivity index (χ0v) is 13.0. The fraction of sp³-hybridized carbons (Fsp3) is 1.00. The Balaban J connectivity index is 2.28. The van der Waals surface area contributed by atoms with Gasteiger partial charge in [-0.1, -0.05) is 41.5 Å². The summed E-state index contributed by atoms with van der Waals surface area (Å²) in [5.74, 6) is 5.56. The molecule has 1 N–H and O–H groups in total. The Bertz CT molecular complexity index is 276. The van der Waals surface area contributed by atoms with Gasteiger partial charge in [0, 0.05) is 6.04 Å². The molecule has 0 radical (unpaired) electrons. The first kappa shape index (κ1) is 13.7. The maximum Gasteiger partial charge on any atom is 0.0533 e. The highest BCUT2D eigenvalue weighted by Crippen LogP contribution is 2.49.